The highest BCUT2D eigenvalue weighted by Crippen LogP contribution is 2.38. The van der Waals surface area contributed by atoms with Crippen LogP contribution < -0.4 is 5.73 Å². The number of aliphatic hydroxyl groups excluding tert-OH is 1. The summed E-state index contributed by atoms with van der Waals surface area (Å²) in [6, 6.07) is 6.73. The van der Waals surface area contributed by atoms with Gasteiger partial charge >= 0.3 is 0 Å². The van der Waals surface area contributed by atoms with Crippen LogP contribution in [0, 0.1) is 0 Å². The first kappa shape index (κ1) is 13.4. The van der Waals surface area contributed by atoms with Crippen LogP contribution in [0.5, 0.6) is 0 Å². The fourth-order valence-corrected chi connectivity index (χ4v) is 2.26. The van der Waals surface area contributed by atoms with Crippen molar-refractivity contribution in [3.05, 3.63) is 45.0 Å². The second kappa shape index (κ2) is 5.33. The fraction of sp³-hybridized carbons (Fsp3) is 0.0833. The van der Waals surface area contributed by atoms with Gasteiger partial charge < -0.3 is 10.8 Å². The van der Waals surface area contributed by atoms with E-state index in [0.717, 1.165) is 0 Å². The highest BCUT2D eigenvalue weighted by Gasteiger charge is 2.14. The standard InChI is InChI=1S/C12H9Cl3N2O/c13-8-3-1-7(11(14)12(8)15)6-2-4-10(16)17-9(6)5-18/h1-4,18H,5H2,(H2,16,17). The van der Waals surface area contributed by atoms with Gasteiger partial charge in [0.1, 0.15) is 5.82 Å². The van der Waals surface area contributed by atoms with Gasteiger partial charge in [-0.3, -0.25) is 0 Å². The number of nitrogens with two attached hydrogens (primary N) is 1. The molecule has 1 heterocycles. The van der Waals surface area contributed by atoms with Gasteiger partial charge in [0.15, 0.2) is 0 Å². The van der Waals surface area contributed by atoms with Crippen LogP contribution in [0.3, 0.4) is 0 Å². The Kier molecular flexibility index (Phi) is 3.97. The number of benzene rings is 1. The number of aromatic nitrogens is 1. The van der Waals surface area contributed by atoms with Gasteiger partial charge in [0.05, 0.1) is 27.4 Å². The lowest BCUT2D eigenvalue weighted by molar-refractivity contribution is 0.277. The van der Waals surface area contributed by atoms with Gasteiger partial charge in [-0.15, -0.1) is 0 Å². The van der Waals surface area contributed by atoms with E-state index in [0.29, 0.717) is 32.7 Å². The summed E-state index contributed by atoms with van der Waals surface area (Å²) in [6.07, 6.45) is 0. The molecule has 0 unspecified atom stereocenters. The zero-order valence-corrected chi connectivity index (χ0v) is 11.4. The van der Waals surface area contributed by atoms with E-state index in [1.807, 2.05) is 0 Å². The fourth-order valence-electron chi connectivity index (χ4n) is 1.62. The van der Waals surface area contributed by atoms with Gasteiger partial charge in [-0.25, -0.2) is 4.98 Å². The quantitative estimate of drug-likeness (QED) is 0.830. The average molecular weight is 304 g/mol. The summed E-state index contributed by atoms with van der Waals surface area (Å²) in [5.41, 5.74) is 7.34. The highest BCUT2D eigenvalue weighted by molar-refractivity contribution is 6.49. The Morgan fingerprint density at radius 3 is 2.33 bits per heavy atom. The van der Waals surface area contributed by atoms with Gasteiger partial charge in [0.25, 0.3) is 0 Å². The first-order chi connectivity index (χ1) is 8.54. The Balaban J connectivity index is 2.66. The molecule has 0 aliphatic rings. The number of anilines is 1. The minimum Gasteiger partial charge on any atom is -0.390 e. The Bertz CT molecular complexity index is 602. The third kappa shape index (κ3) is 2.40. The van der Waals surface area contributed by atoms with Crippen molar-refractivity contribution in [1.82, 2.24) is 4.98 Å². The summed E-state index contributed by atoms with van der Waals surface area (Å²) in [5.74, 6) is 0.332. The Hall–Kier alpha value is -1.00. The molecule has 1 aromatic carbocycles. The molecule has 0 spiro atoms. The van der Waals surface area contributed by atoms with E-state index in [2.05, 4.69) is 4.98 Å². The van der Waals surface area contributed by atoms with E-state index in [1.165, 1.54) is 0 Å². The molecule has 1 aromatic heterocycles. The number of nitrogen functional groups attached to an aromatic ring is 1. The molecule has 2 rings (SSSR count). The van der Waals surface area contributed by atoms with Gasteiger partial charge in [-0.2, -0.15) is 0 Å². The van der Waals surface area contributed by atoms with Crippen molar-refractivity contribution in [2.45, 2.75) is 6.61 Å². The van der Waals surface area contributed by atoms with Crippen molar-refractivity contribution in [3.8, 4) is 11.1 Å². The summed E-state index contributed by atoms with van der Waals surface area (Å²) in [5, 5.41) is 10.3. The molecule has 0 bridgehead atoms. The zero-order chi connectivity index (χ0) is 13.3. The van der Waals surface area contributed by atoms with Gasteiger partial charge in [0, 0.05) is 11.1 Å². The van der Waals surface area contributed by atoms with Crippen LogP contribution in [-0.4, -0.2) is 10.1 Å². The SMILES string of the molecule is Nc1ccc(-c2ccc(Cl)c(Cl)c2Cl)c(CO)n1. The number of pyridine rings is 1. The maximum atomic E-state index is 9.30. The third-order valence-corrected chi connectivity index (χ3v) is 3.76. The number of hydrogen-bond donors (Lipinski definition) is 2. The van der Waals surface area contributed by atoms with E-state index in [4.69, 9.17) is 40.5 Å². The highest BCUT2D eigenvalue weighted by atomic mass is 35.5. The Morgan fingerprint density at radius 1 is 1.00 bits per heavy atom. The van der Waals surface area contributed by atoms with E-state index in [9.17, 15) is 5.11 Å². The zero-order valence-electron chi connectivity index (χ0n) is 9.12. The molecule has 0 radical (unpaired) electrons. The number of halogens is 3. The van der Waals surface area contributed by atoms with Crippen molar-refractivity contribution in [1.29, 1.82) is 0 Å². The largest absolute Gasteiger partial charge is 0.390 e. The van der Waals surface area contributed by atoms with Gasteiger partial charge in [-0.05, 0) is 18.2 Å². The molecule has 6 heteroatoms. The first-order valence-corrected chi connectivity index (χ1v) is 6.18. The molecule has 0 fully saturated rings. The molecule has 0 saturated heterocycles. The van der Waals surface area contributed by atoms with Crippen LogP contribution >= 0.6 is 34.8 Å². The lowest BCUT2D eigenvalue weighted by atomic mass is 10.0. The molecule has 18 heavy (non-hydrogen) atoms. The minimum atomic E-state index is -0.239. The number of aliphatic hydroxyl groups is 1. The lowest BCUT2D eigenvalue weighted by Gasteiger charge is -2.11. The monoisotopic (exact) mass is 302 g/mol. The maximum Gasteiger partial charge on any atom is 0.123 e. The van der Waals surface area contributed by atoms with Crippen LogP contribution in [0.1, 0.15) is 5.69 Å². The van der Waals surface area contributed by atoms with E-state index < -0.39 is 0 Å². The molecule has 94 valence electrons. The summed E-state index contributed by atoms with van der Waals surface area (Å²) >= 11 is 18.0. The predicted molar refractivity (Wildman–Crippen MR) is 75.0 cm³/mol. The molecule has 0 amide bonds. The molecule has 2 aromatic rings. The molecule has 0 aliphatic heterocycles. The van der Waals surface area contributed by atoms with E-state index >= 15 is 0 Å². The first-order valence-electron chi connectivity index (χ1n) is 5.04. The summed E-state index contributed by atoms with van der Waals surface area (Å²) in [6.45, 7) is -0.239. The van der Waals surface area contributed by atoms with Crippen molar-refractivity contribution >= 4 is 40.6 Å². The van der Waals surface area contributed by atoms with Crippen molar-refractivity contribution in [3.63, 3.8) is 0 Å². The van der Waals surface area contributed by atoms with Crippen LogP contribution in [0.4, 0.5) is 5.82 Å². The maximum absolute atomic E-state index is 9.30. The van der Waals surface area contributed by atoms with Gasteiger partial charge in [-0.1, -0.05) is 40.9 Å². The second-order valence-electron chi connectivity index (χ2n) is 3.61. The summed E-state index contributed by atoms with van der Waals surface area (Å²) in [7, 11) is 0. The lowest BCUT2D eigenvalue weighted by Crippen LogP contribution is -1.99. The molecule has 3 nitrogen and oxygen atoms in total. The van der Waals surface area contributed by atoms with Crippen molar-refractivity contribution < 1.29 is 5.11 Å². The molecule has 3 N–H and O–H groups in total. The van der Waals surface area contributed by atoms with Crippen LogP contribution in [0.2, 0.25) is 15.1 Å². The number of hydrogen-bond acceptors (Lipinski definition) is 3. The van der Waals surface area contributed by atoms with Crippen LogP contribution in [-0.2, 0) is 6.61 Å². The Labute approximate surface area is 119 Å². The van der Waals surface area contributed by atoms with Crippen molar-refractivity contribution in [2.75, 3.05) is 5.73 Å². The molecule has 0 atom stereocenters. The molecular formula is C12H9Cl3N2O. The predicted octanol–water partition coefficient (Wildman–Crippen LogP) is 3.78. The van der Waals surface area contributed by atoms with E-state index in [1.54, 1.807) is 24.3 Å². The third-order valence-electron chi connectivity index (χ3n) is 2.47. The number of rotatable bonds is 2. The summed E-state index contributed by atoms with van der Waals surface area (Å²) < 4.78 is 0. The smallest absolute Gasteiger partial charge is 0.123 e. The second-order valence-corrected chi connectivity index (χ2v) is 4.77. The normalized spacial score (nSPS) is 10.7. The Morgan fingerprint density at radius 2 is 1.67 bits per heavy atom. The minimum absolute atomic E-state index is 0.239. The van der Waals surface area contributed by atoms with Crippen LogP contribution in [0.15, 0.2) is 24.3 Å². The van der Waals surface area contributed by atoms with E-state index in [-0.39, 0.29) is 11.6 Å². The number of nitrogens with zero attached hydrogens (tertiary/aromatic N) is 1. The van der Waals surface area contributed by atoms with Crippen molar-refractivity contribution in [2.24, 2.45) is 0 Å². The average Bonchev–Trinajstić information content (AvgIpc) is 2.37. The topological polar surface area (TPSA) is 59.1 Å². The molecular weight excluding hydrogens is 295 g/mol. The molecule has 0 aliphatic carbocycles. The summed E-state index contributed by atoms with van der Waals surface area (Å²) in [4.78, 5) is 4.05. The molecule has 0 saturated carbocycles. The van der Waals surface area contributed by atoms with Crippen LogP contribution in [0.25, 0.3) is 11.1 Å². The van der Waals surface area contributed by atoms with Gasteiger partial charge in [0.2, 0.25) is 0 Å².